The lowest BCUT2D eigenvalue weighted by Gasteiger charge is -2.18. The molecule has 2 N–H and O–H groups in total. The van der Waals surface area contributed by atoms with Crippen LogP contribution in [0.25, 0.3) is 0 Å². The minimum Gasteiger partial charge on any atom is -0.357 e. The molecule has 0 amide bonds. The predicted octanol–water partition coefficient (Wildman–Crippen LogP) is 1.02. The second-order valence-electron chi connectivity index (χ2n) is 5.87. The van der Waals surface area contributed by atoms with E-state index in [-0.39, 0.29) is 0 Å². The Hall–Kier alpha value is -1.63. The first-order valence-corrected chi connectivity index (χ1v) is 7.89. The molecule has 7 nitrogen and oxygen atoms in total. The van der Waals surface area contributed by atoms with Crippen LogP contribution in [0.15, 0.2) is 0 Å². The Balaban J connectivity index is 1.61. The highest BCUT2D eigenvalue weighted by Gasteiger charge is 2.25. The van der Waals surface area contributed by atoms with Gasteiger partial charge < -0.3 is 20.4 Å². The first kappa shape index (κ1) is 14.3. The highest BCUT2D eigenvalue weighted by Crippen LogP contribution is 2.24. The zero-order valence-electron chi connectivity index (χ0n) is 13.0. The largest absolute Gasteiger partial charge is 0.357 e. The molecule has 2 fully saturated rings. The SMILES string of the molecule is CNc1nc(NCCN(C)C2CC2)nc(N2CCCC2)n1. The summed E-state index contributed by atoms with van der Waals surface area (Å²) in [5, 5.41) is 6.35. The smallest absolute Gasteiger partial charge is 0.231 e. The highest BCUT2D eigenvalue weighted by molar-refractivity contribution is 5.44. The van der Waals surface area contributed by atoms with Crippen LogP contribution in [-0.2, 0) is 0 Å². The molecule has 1 aromatic heterocycles. The molecule has 0 atom stereocenters. The van der Waals surface area contributed by atoms with E-state index in [1.807, 2.05) is 7.05 Å². The molecule has 3 rings (SSSR count). The molecule has 0 unspecified atom stereocenters. The van der Waals surface area contributed by atoms with Crippen molar-refractivity contribution in [2.24, 2.45) is 0 Å². The third-order valence-corrected chi connectivity index (χ3v) is 4.15. The van der Waals surface area contributed by atoms with E-state index in [4.69, 9.17) is 0 Å². The van der Waals surface area contributed by atoms with Crippen molar-refractivity contribution >= 4 is 17.8 Å². The average molecular weight is 291 g/mol. The molecule has 1 aliphatic carbocycles. The van der Waals surface area contributed by atoms with Gasteiger partial charge in [-0.2, -0.15) is 15.0 Å². The van der Waals surface area contributed by atoms with Crippen molar-refractivity contribution in [1.29, 1.82) is 0 Å². The molecular formula is C14H25N7. The lowest BCUT2D eigenvalue weighted by molar-refractivity contribution is 0.337. The highest BCUT2D eigenvalue weighted by atomic mass is 15.3. The average Bonchev–Trinajstić information content (AvgIpc) is 3.21. The monoisotopic (exact) mass is 291 g/mol. The van der Waals surface area contributed by atoms with Crippen LogP contribution in [-0.4, -0.2) is 66.2 Å². The summed E-state index contributed by atoms with van der Waals surface area (Å²) in [4.78, 5) is 18.0. The van der Waals surface area contributed by atoms with Crippen molar-refractivity contribution in [3.63, 3.8) is 0 Å². The van der Waals surface area contributed by atoms with E-state index in [2.05, 4.69) is 42.4 Å². The summed E-state index contributed by atoms with van der Waals surface area (Å²) in [5.41, 5.74) is 0. The van der Waals surface area contributed by atoms with Gasteiger partial charge >= 0.3 is 0 Å². The maximum Gasteiger partial charge on any atom is 0.231 e. The van der Waals surface area contributed by atoms with Crippen LogP contribution in [0.2, 0.25) is 0 Å². The van der Waals surface area contributed by atoms with Gasteiger partial charge in [0, 0.05) is 39.3 Å². The van der Waals surface area contributed by atoms with Crippen molar-refractivity contribution in [3.05, 3.63) is 0 Å². The molecule has 0 bridgehead atoms. The first-order chi connectivity index (χ1) is 10.3. The van der Waals surface area contributed by atoms with E-state index < -0.39 is 0 Å². The second kappa shape index (κ2) is 6.43. The van der Waals surface area contributed by atoms with Crippen LogP contribution in [0, 0.1) is 0 Å². The first-order valence-electron chi connectivity index (χ1n) is 7.89. The van der Waals surface area contributed by atoms with Crippen LogP contribution in [0.3, 0.4) is 0 Å². The Bertz CT molecular complexity index is 468. The molecule has 0 aromatic carbocycles. The summed E-state index contributed by atoms with van der Waals surface area (Å²) >= 11 is 0. The van der Waals surface area contributed by atoms with Crippen LogP contribution in [0.4, 0.5) is 17.8 Å². The van der Waals surface area contributed by atoms with Crippen LogP contribution < -0.4 is 15.5 Å². The number of rotatable bonds is 7. The van der Waals surface area contributed by atoms with Crippen molar-refractivity contribution in [3.8, 4) is 0 Å². The number of anilines is 3. The fraction of sp³-hybridized carbons (Fsp3) is 0.786. The molecule has 116 valence electrons. The summed E-state index contributed by atoms with van der Waals surface area (Å²) in [5.74, 6) is 2.08. The molecule has 0 spiro atoms. The fourth-order valence-electron chi connectivity index (χ4n) is 2.66. The molecule has 0 radical (unpaired) electrons. The Morgan fingerprint density at radius 1 is 1.14 bits per heavy atom. The molecule has 1 saturated carbocycles. The Labute approximate surface area is 126 Å². The van der Waals surface area contributed by atoms with E-state index in [1.165, 1.54) is 25.7 Å². The number of hydrogen-bond donors (Lipinski definition) is 2. The standard InChI is InChI=1S/C14H25N7/c1-15-12-17-13(16-7-10-20(2)11-5-6-11)19-14(18-12)21-8-3-4-9-21/h11H,3-10H2,1-2H3,(H2,15,16,17,18,19). The number of nitrogens with one attached hydrogen (secondary N) is 2. The minimum atomic E-state index is 0.630. The van der Waals surface area contributed by atoms with Crippen molar-refractivity contribution < 1.29 is 0 Å². The molecule has 1 aliphatic heterocycles. The van der Waals surface area contributed by atoms with Crippen LogP contribution in [0.5, 0.6) is 0 Å². The van der Waals surface area contributed by atoms with Crippen molar-refractivity contribution in [1.82, 2.24) is 19.9 Å². The van der Waals surface area contributed by atoms with Gasteiger partial charge in [-0.05, 0) is 32.7 Å². The molecule has 7 heteroatoms. The lowest BCUT2D eigenvalue weighted by atomic mass is 10.4. The van der Waals surface area contributed by atoms with Gasteiger partial charge in [-0.1, -0.05) is 0 Å². The quantitative estimate of drug-likeness (QED) is 0.777. The summed E-state index contributed by atoms with van der Waals surface area (Å²) in [7, 11) is 4.02. The number of likely N-dealkylation sites (N-methyl/N-ethyl adjacent to an activating group) is 1. The normalized spacial score (nSPS) is 18.3. The summed E-state index contributed by atoms with van der Waals surface area (Å²) < 4.78 is 0. The fourth-order valence-corrected chi connectivity index (χ4v) is 2.66. The zero-order chi connectivity index (χ0) is 14.7. The molecule has 2 heterocycles. The van der Waals surface area contributed by atoms with E-state index >= 15 is 0 Å². The third kappa shape index (κ3) is 3.72. The number of hydrogen-bond acceptors (Lipinski definition) is 7. The van der Waals surface area contributed by atoms with Crippen molar-refractivity contribution in [2.45, 2.75) is 31.7 Å². The molecule has 1 aromatic rings. The van der Waals surface area contributed by atoms with Crippen molar-refractivity contribution in [2.75, 3.05) is 55.8 Å². The Morgan fingerprint density at radius 2 is 1.86 bits per heavy atom. The minimum absolute atomic E-state index is 0.630. The van der Waals surface area contributed by atoms with Gasteiger partial charge in [0.1, 0.15) is 0 Å². The van der Waals surface area contributed by atoms with Crippen LogP contribution in [0.1, 0.15) is 25.7 Å². The second-order valence-corrected chi connectivity index (χ2v) is 5.87. The summed E-state index contributed by atoms with van der Waals surface area (Å²) in [6.07, 6.45) is 5.11. The Morgan fingerprint density at radius 3 is 2.52 bits per heavy atom. The van der Waals surface area contributed by atoms with Gasteiger partial charge in [0.25, 0.3) is 0 Å². The predicted molar refractivity (Wildman–Crippen MR) is 85.0 cm³/mol. The summed E-state index contributed by atoms with van der Waals surface area (Å²) in [6.45, 7) is 3.96. The van der Waals surface area contributed by atoms with E-state index in [0.29, 0.717) is 11.9 Å². The van der Waals surface area contributed by atoms with Gasteiger partial charge in [0.05, 0.1) is 0 Å². The van der Waals surface area contributed by atoms with Gasteiger partial charge in [-0.15, -0.1) is 0 Å². The van der Waals surface area contributed by atoms with Gasteiger partial charge in [0.2, 0.25) is 17.8 Å². The van der Waals surface area contributed by atoms with E-state index in [0.717, 1.165) is 38.2 Å². The lowest BCUT2D eigenvalue weighted by Crippen LogP contribution is -2.28. The molecule has 1 saturated heterocycles. The molecule has 2 aliphatic rings. The maximum atomic E-state index is 4.55. The number of nitrogens with zero attached hydrogens (tertiary/aromatic N) is 5. The molecular weight excluding hydrogens is 266 g/mol. The zero-order valence-corrected chi connectivity index (χ0v) is 13.0. The van der Waals surface area contributed by atoms with E-state index in [9.17, 15) is 0 Å². The molecule has 21 heavy (non-hydrogen) atoms. The Kier molecular flexibility index (Phi) is 4.38. The van der Waals surface area contributed by atoms with E-state index in [1.54, 1.807) is 0 Å². The number of aromatic nitrogens is 3. The summed E-state index contributed by atoms with van der Waals surface area (Å²) in [6, 6.07) is 0.790. The van der Waals surface area contributed by atoms with Gasteiger partial charge in [0.15, 0.2) is 0 Å². The topological polar surface area (TPSA) is 69.2 Å². The van der Waals surface area contributed by atoms with Gasteiger partial charge in [-0.25, -0.2) is 0 Å². The van der Waals surface area contributed by atoms with Gasteiger partial charge in [-0.3, -0.25) is 0 Å². The van der Waals surface area contributed by atoms with Crippen LogP contribution >= 0.6 is 0 Å². The maximum absolute atomic E-state index is 4.55. The third-order valence-electron chi connectivity index (χ3n) is 4.15.